The van der Waals surface area contributed by atoms with Crippen LogP contribution in [0.5, 0.6) is 0 Å². The fraction of sp³-hybridized carbons (Fsp3) is 0.500. The van der Waals surface area contributed by atoms with Gasteiger partial charge in [-0.2, -0.15) is 0 Å². The second-order valence-electron chi connectivity index (χ2n) is 16.2. The summed E-state index contributed by atoms with van der Waals surface area (Å²) in [5.74, 6) is -0.426. The molecule has 4 rings (SSSR count). The zero-order valence-corrected chi connectivity index (χ0v) is 32.9. The SMILES string of the molecule is CC(C)(C)NCc1c(C(C)(C)C)nc2cc(C=CC(=O)NO)ccn12.CCC(CC)CNCc1c(C(C)(C)C)nc2cc(C=CC(=O)NO)ccn12. The van der Waals surface area contributed by atoms with E-state index in [1.54, 1.807) is 23.1 Å². The van der Waals surface area contributed by atoms with Crippen LogP contribution in [0.1, 0.15) is 123 Å². The normalized spacial score (nSPS) is 12.7. The first-order chi connectivity index (χ1) is 24.3. The number of pyridine rings is 2. The summed E-state index contributed by atoms with van der Waals surface area (Å²) in [4.78, 5) is 32.0. The second-order valence-corrected chi connectivity index (χ2v) is 16.2. The molecule has 0 bridgehead atoms. The van der Waals surface area contributed by atoms with Gasteiger partial charge in [0.1, 0.15) is 11.3 Å². The monoisotopic (exact) mass is 716 g/mol. The van der Waals surface area contributed by atoms with Crippen molar-refractivity contribution in [2.45, 2.75) is 118 Å². The minimum Gasteiger partial charge on any atom is -0.311 e. The summed E-state index contributed by atoms with van der Waals surface area (Å²) < 4.78 is 4.20. The number of nitrogens with zero attached hydrogens (tertiary/aromatic N) is 4. The molecule has 0 saturated carbocycles. The minimum absolute atomic E-state index is 0.0135. The zero-order valence-electron chi connectivity index (χ0n) is 32.9. The van der Waals surface area contributed by atoms with E-state index in [9.17, 15) is 9.59 Å². The average Bonchev–Trinajstić information content (AvgIpc) is 3.65. The number of aromatic nitrogens is 4. The minimum atomic E-state index is -0.561. The molecule has 2 amide bonds. The van der Waals surface area contributed by atoms with Gasteiger partial charge in [0.2, 0.25) is 0 Å². The molecule has 0 aromatic carbocycles. The summed E-state index contributed by atoms with van der Waals surface area (Å²) in [6.45, 7) is 26.4. The molecule has 4 aromatic heterocycles. The van der Waals surface area contributed by atoms with Crippen molar-refractivity contribution in [3.63, 3.8) is 0 Å². The molecular weight excluding hydrogens is 656 g/mol. The highest BCUT2D eigenvalue weighted by molar-refractivity contribution is 5.91. The van der Waals surface area contributed by atoms with Gasteiger partial charge in [0.15, 0.2) is 0 Å². The van der Waals surface area contributed by atoms with E-state index >= 15 is 0 Å². The molecule has 0 aliphatic rings. The maximum absolute atomic E-state index is 11.2. The molecule has 12 nitrogen and oxygen atoms in total. The van der Waals surface area contributed by atoms with E-state index in [1.807, 2.05) is 36.7 Å². The smallest absolute Gasteiger partial charge is 0.267 e. The third kappa shape index (κ3) is 11.8. The van der Waals surface area contributed by atoms with Crippen molar-refractivity contribution in [1.29, 1.82) is 0 Å². The molecule has 284 valence electrons. The molecule has 52 heavy (non-hydrogen) atoms. The van der Waals surface area contributed by atoms with Crippen molar-refractivity contribution in [3.05, 3.63) is 82.7 Å². The largest absolute Gasteiger partial charge is 0.311 e. The standard InChI is InChI=1S/C21H32N4O2.C19H28N4O2/c1-6-15(7-2)13-22-14-17-20(21(3,4)5)23-18-12-16(10-11-25(17)18)8-9-19(26)24-27;1-18(2,3)17-14(12-20-19(4,5)6)23-10-9-13(11-15(23)21-17)7-8-16(24)22-25/h8-12,15,22,27H,6-7,13-14H2,1-5H3,(H,24,26);7-11,20,25H,12H2,1-6H3,(H,22,24). The van der Waals surface area contributed by atoms with E-state index in [0.717, 1.165) is 59.1 Å². The van der Waals surface area contributed by atoms with Crippen LogP contribution < -0.4 is 21.6 Å². The zero-order chi connectivity index (χ0) is 38.9. The lowest BCUT2D eigenvalue weighted by Crippen LogP contribution is -2.36. The highest BCUT2D eigenvalue weighted by Gasteiger charge is 2.25. The summed E-state index contributed by atoms with van der Waals surface area (Å²) in [5, 5.41) is 24.3. The van der Waals surface area contributed by atoms with Crippen LogP contribution in [0.4, 0.5) is 0 Å². The van der Waals surface area contributed by atoms with Crippen LogP contribution in [0.2, 0.25) is 0 Å². The highest BCUT2D eigenvalue weighted by Crippen LogP contribution is 2.28. The Morgan fingerprint density at radius 3 is 1.52 bits per heavy atom. The van der Waals surface area contributed by atoms with Gasteiger partial charge in [0.25, 0.3) is 11.8 Å². The van der Waals surface area contributed by atoms with E-state index < -0.39 is 11.8 Å². The molecule has 12 heteroatoms. The Morgan fingerprint density at radius 2 is 1.15 bits per heavy atom. The summed E-state index contributed by atoms with van der Waals surface area (Å²) >= 11 is 0. The average molecular weight is 717 g/mol. The molecule has 0 radical (unpaired) electrons. The number of imidazole rings is 2. The molecule has 0 fully saturated rings. The Hall–Kier alpha value is -4.36. The van der Waals surface area contributed by atoms with Crippen molar-refractivity contribution in [2.24, 2.45) is 5.92 Å². The van der Waals surface area contributed by atoms with Crippen molar-refractivity contribution < 1.29 is 20.0 Å². The first kappa shape index (κ1) is 42.1. The highest BCUT2D eigenvalue weighted by atomic mass is 16.5. The number of rotatable bonds is 12. The summed E-state index contributed by atoms with van der Waals surface area (Å²) in [7, 11) is 0. The van der Waals surface area contributed by atoms with Crippen LogP contribution in [0, 0.1) is 5.92 Å². The summed E-state index contributed by atoms with van der Waals surface area (Å²) in [6.07, 6.45) is 12.2. The van der Waals surface area contributed by atoms with E-state index in [1.165, 1.54) is 30.7 Å². The molecule has 0 spiro atoms. The van der Waals surface area contributed by atoms with Gasteiger partial charge in [-0.05, 0) is 80.8 Å². The molecule has 6 N–H and O–H groups in total. The number of hydrogen-bond donors (Lipinski definition) is 6. The topological polar surface area (TPSA) is 157 Å². The lowest BCUT2D eigenvalue weighted by atomic mass is 9.90. The van der Waals surface area contributed by atoms with E-state index in [2.05, 4.69) is 95.6 Å². The van der Waals surface area contributed by atoms with E-state index in [0.29, 0.717) is 5.92 Å². The van der Waals surface area contributed by atoms with Gasteiger partial charge in [-0.1, -0.05) is 68.2 Å². The van der Waals surface area contributed by atoms with Crippen LogP contribution in [0.15, 0.2) is 48.8 Å². The predicted octanol–water partition coefficient (Wildman–Crippen LogP) is 6.71. The van der Waals surface area contributed by atoms with Gasteiger partial charge in [-0.25, -0.2) is 20.9 Å². The predicted molar refractivity (Wildman–Crippen MR) is 208 cm³/mol. The Kier molecular flexibility index (Phi) is 14.5. The third-order valence-electron chi connectivity index (χ3n) is 8.66. The van der Waals surface area contributed by atoms with Crippen LogP contribution in [-0.4, -0.2) is 53.1 Å². The first-order valence-corrected chi connectivity index (χ1v) is 18.0. The fourth-order valence-electron chi connectivity index (χ4n) is 5.71. The number of carbonyl (C=O) groups is 2. The van der Waals surface area contributed by atoms with Crippen molar-refractivity contribution >= 4 is 35.3 Å². The maximum atomic E-state index is 11.2. The number of hydrogen-bond acceptors (Lipinski definition) is 8. The molecule has 0 aliphatic carbocycles. The lowest BCUT2D eigenvalue weighted by Gasteiger charge is -2.23. The summed E-state index contributed by atoms with van der Waals surface area (Å²) in [5.41, 5.74) is 10.9. The van der Waals surface area contributed by atoms with Crippen molar-refractivity contribution in [1.82, 2.24) is 40.4 Å². The van der Waals surface area contributed by atoms with Crippen LogP contribution in [0.3, 0.4) is 0 Å². The number of nitrogens with one attached hydrogen (secondary N) is 4. The van der Waals surface area contributed by atoms with E-state index in [-0.39, 0.29) is 16.4 Å². The van der Waals surface area contributed by atoms with E-state index in [4.69, 9.17) is 20.4 Å². The molecule has 4 heterocycles. The van der Waals surface area contributed by atoms with Crippen LogP contribution >= 0.6 is 0 Å². The molecule has 0 atom stereocenters. The van der Waals surface area contributed by atoms with Gasteiger partial charge in [0.05, 0.1) is 22.8 Å². The molecule has 4 aromatic rings. The number of carbonyl (C=O) groups excluding carboxylic acids is 2. The fourth-order valence-corrected chi connectivity index (χ4v) is 5.71. The Morgan fingerprint density at radius 1 is 0.731 bits per heavy atom. The lowest BCUT2D eigenvalue weighted by molar-refractivity contribution is -0.124. The van der Waals surface area contributed by atoms with Gasteiger partial charge in [0, 0.05) is 54.0 Å². The number of hydroxylamine groups is 2. The molecule has 0 aliphatic heterocycles. The van der Waals surface area contributed by atoms with Crippen molar-refractivity contribution in [3.8, 4) is 0 Å². The van der Waals surface area contributed by atoms with Gasteiger partial charge < -0.3 is 19.4 Å². The van der Waals surface area contributed by atoms with Gasteiger partial charge in [-0.15, -0.1) is 0 Å². The quantitative estimate of drug-likeness (QED) is 0.0537. The Bertz CT molecular complexity index is 1860. The summed E-state index contributed by atoms with van der Waals surface area (Å²) in [6, 6.07) is 7.73. The maximum Gasteiger partial charge on any atom is 0.267 e. The molecular formula is C40H60N8O4. The van der Waals surface area contributed by atoms with Crippen molar-refractivity contribution in [2.75, 3.05) is 6.54 Å². The second kappa shape index (κ2) is 17.9. The first-order valence-electron chi connectivity index (χ1n) is 18.0. The molecule has 0 unspecified atom stereocenters. The number of amides is 2. The molecule has 0 saturated heterocycles. The number of fused-ring (bicyclic) bond motifs is 2. The van der Waals surface area contributed by atoms with Gasteiger partial charge >= 0.3 is 0 Å². The Labute approximate surface area is 308 Å². The van der Waals surface area contributed by atoms with Crippen LogP contribution in [0.25, 0.3) is 23.4 Å². The van der Waals surface area contributed by atoms with Crippen LogP contribution in [-0.2, 0) is 33.5 Å². The third-order valence-corrected chi connectivity index (χ3v) is 8.66. The Balaban J connectivity index is 0.000000281. The van der Waals surface area contributed by atoms with Gasteiger partial charge in [-0.3, -0.25) is 20.0 Å².